The molecule has 0 aliphatic heterocycles. The highest BCUT2D eigenvalue weighted by Crippen LogP contribution is 2.37. The van der Waals surface area contributed by atoms with Crippen LogP contribution in [0.1, 0.15) is 0 Å². The first-order chi connectivity index (χ1) is 4.93. The van der Waals surface area contributed by atoms with Crippen molar-refractivity contribution < 1.29 is 13.0 Å². The van der Waals surface area contributed by atoms with Crippen LogP contribution in [0.15, 0.2) is 0 Å². The summed E-state index contributed by atoms with van der Waals surface area (Å²) in [5.41, 5.74) is 5.23. The fourth-order valence-corrected chi connectivity index (χ4v) is 3.46. The van der Waals surface area contributed by atoms with Gasteiger partial charge in [-0.05, 0) is 12.5 Å². The Labute approximate surface area is 75.0 Å². The number of thioether (sulfide) groups is 2. The number of nitrogens with two attached hydrogens (primary N) is 1. The van der Waals surface area contributed by atoms with Crippen molar-refractivity contribution in [3.8, 4) is 0 Å². The lowest BCUT2D eigenvalue weighted by Crippen LogP contribution is -2.38. The van der Waals surface area contributed by atoms with Crippen LogP contribution in [-0.2, 0) is 10.1 Å². The van der Waals surface area contributed by atoms with Crippen molar-refractivity contribution in [1.29, 1.82) is 0 Å². The largest absolute Gasteiger partial charge is 0.327 e. The molecular weight excluding hydrogens is 206 g/mol. The molecule has 0 aliphatic rings. The van der Waals surface area contributed by atoms with E-state index in [1.807, 2.05) is 0 Å². The van der Waals surface area contributed by atoms with Gasteiger partial charge in [-0.25, -0.2) is 0 Å². The van der Waals surface area contributed by atoms with Gasteiger partial charge in [-0.15, -0.1) is 23.5 Å². The Bertz CT molecular complexity index is 200. The summed E-state index contributed by atoms with van der Waals surface area (Å²) in [5.74, 6) is 0. The Hall–Kier alpha value is 0.570. The first-order valence-corrected chi connectivity index (χ1v) is 6.60. The standard InChI is InChI=1S/C4H11NO3S3/c1-9-4(3-5,10-2)11(6,7)8/h3,5H2,1-2H3,(H,6,7,8). The highest BCUT2D eigenvalue weighted by atomic mass is 32.3. The van der Waals surface area contributed by atoms with Gasteiger partial charge in [0, 0.05) is 6.54 Å². The summed E-state index contributed by atoms with van der Waals surface area (Å²) in [4.78, 5) is 0. The smallest absolute Gasteiger partial charge is 0.291 e. The summed E-state index contributed by atoms with van der Waals surface area (Å²) >= 11 is 2.05. The van der Waals surface area contributed by atoms with Gasteiger partial charge in [0.2, 0.25) is 0 Å². The maximum absolute atomic E-state index is 10.8. The Morgan fingerprint density at radius 1 is 1.45 bits per heavy atom. The quantitative estimate of drug-likeness (QED) is 0.518. The molecule has 0 amide bonds. The molecule has 0 rings (SSSR count). The van der Waals surface area contributed by atoms with Gasteiger partial charge in [-0.3, -0.25) is 4.55 Å². The lowest BCUT2D eigenvalue weighted by Gasteiger charge is -2.23. The van der Waals surface area contributed by atoms with E-state index < -0.39 is 13.5 Å². The van der Waals surface area contributed by atoms with E-state index in [2.05, 4.69) is 0 Å². The van der Waals surface area contributed by atoms with E-state index in [0.29, 0.717) is 0 Å². The lowest BCUT2D eigenvalue weighted by molar-refractivity contribution is 0.477. The number of hydrogen-bond acceptors (Lipinski definition) is 5. The van der Waals surface area contributed by atoms with Gasteiger partial charge in [0.05, 0.1) is 0 Å². The molecule has 0 aliphatic carbocycles. The van der Waals surface area contributed by atoms with Crippen LogP contribution < -0.4 is 5.73 Å². The Morgan fingerprint density at radius 3 is 1.82 bits per heavy atom. The van der Waals surface area contributed by atoms with Crippen LogP contribution in [0.25, 0.3) is 0 Å². The van der Waals surface area contributed by atoms with E-state index in [1.165, 1.54) is 0 Å². The monoisotopic (exact) mass is 217 g/mol. The molecule has 0 bridgehead atoms. The maximum atomic E-state index is 10.8. The summed E-state index contributed by atoms with van der Waals surface area (Å²) in [5, 5.41) is 0. The SMILES string of the molecule is CSC(CN)(SC)S(=O)(=O)O. The molecule has 0 aromatic heterocycles. The molecule has 0 fully saturated rings. The molecule has 0 aromatic rings. The zero-order valence-electron chi connectivity index (χ0n) is 6.27. The van der Waals surface area contributed by atoms with Gasteiger partial charge in [0.15, 0.2) is 3.41 Å². The molecule has 0 aromatic carbocycles. The van der Waals surface area contributed by atoms with E-state index in [0.717, 1.165) is 23.5 Å². The summed E-state index contributed by atoms with van der Waals surface area (Å²) < 4.78 is 29.0. The minimum absolute atomic E-state index is 0.103. The van der Waals surface area contributed by atoms with Crippen molar-refractivity contribution >= 4 is 33.6 Å². The predicted molar refractivity (Wildman–Crippen MR) is 50.4 cm³/mol. The Morgan fingerprint density at radius 2 is 1.82 bits per heavy atom. The molecule has 0 unspecified atom stereocenters. The second-order valence-electron chi connectivity index (χ2n) is 1.77. The lowest BCUT2D eigenvalue weighted by atomic mass is 10.8. The van der Waals surface area contributed by atoms with E-state index in [4.69, 9.17) is 10.3 Å². The highest BCUT2D eigenvalue weighted by Gasteiger charge is 2.40. The molecular formula is C4H11NO3S3. The van der Waals surface area contributed by atoms with Crippen LogP contribution in [0.5, 0.6) is 0 Å². The predicted octanol–water partition coefficient (Wildman–Crippen LogP) is 0.213. The normalized spacial score (nSPS) is 13.5. The van der Waals surface area contributed by atoms with E-state index in [9.17, 15) is 8.42 Å². The average molecular weight is 217 g/mol. The van der Waals surface area contributed by atoms with Crippen molar-refractivity contribution in [3.05, 3.63) is 0 Å². The first-order valence-electron chi connectivity index (χ1n) is 2.71. The van der Waals surface area contributed by atoms with Crippen molar-refractivity contribution in [3.63, 3.8) is 0 Å². The summed E-state index contributed by atoms with van der Waals surface area (Å²) in [6.45, 7) is -0.103. The molecule has 0 heterocycles. The maximum Gasteiger partial charge on any atom is 0.291 e. The van der Waals surface area contributed by atoms with Gasteiger partial charge in [0.25, 0.3) is 10.1 Å². The van der Waals surface area contributed by atoms with Crippen molar-refractivity contribution in [1.82, 2.24) is 0 Å². The minimum atomic E-state index is -4.08. The summed E-state index contributed by atoms with van der Waals surface area (Å²) in [6, 6.07) is 0. The van der Waals surface area contributed by atoms with Crippen LogP contribution in [0, 0.1) is 0 Å². The van der Waals surface area contributed by atoms with Crippen LogP contribution in [0.4, 0.5) is 0 Å². The fourth-order valence-electron chi connectivity index (χ4n) is 0.566. The van der Waals surface area contributed by atoms with Crippen LogP contribution in [-0.4, -0.2) is 35.4 Å². The third-order valence-electron chi connectivity index (χ3n) is 1.27. The second-order valence-corrected chi connectivity index (χ2v) is 6.40. The molecule has 0 saturated carbocycles. The molecule has 0 radical (unpaired) electrons. The van der Waals surface area contributed by atoms with Gasteiger partial charge < -0.3 is 5.73 Å². The van der Waals surface area contributed by atoms with Crippen molar-refractivity contribution in [2.24, 2.45) is 5.73 Å². The van der Waals surface area contributed by atoms with Crippen LogP contribution in [0.2, 0.25) is 0 Å². The molecule has 11 heavy (non-hydrogen) atoms. The first kappa shape index (κ1) is 11.6. The molecule has 0 atom stereocenters. The van der Waals surface area contributed by atoms with Crippen molar-refractivity contribution in [2.75, 3.05) is 19.1 Å². The molecule has 3 N–H and O–H groups in total. The zero-order chi connectivity index (χ0) is 9.12. The van der Waals surface area contributed by atoms with Crippen LogP contribution >= 0.6 is 23.5 Å². The topological polar surface area (TPSA) is 80.4 Å². The second kappa shape index (κ2) is 3.99. The van der Waals surface area contributed by atoms with Crippen LogP contribution in [0.3, 0.4) is 0 Å². The molecule has 0 saturated heterocycles. The van der Waals surface area contributed by atoms with Gasteiger partial charge in [0.1, 0.15) is 0 Å². The van der Waals surface area contributed by atoms with Gasteiger partial charge >= 0.3 is 0 Å². The zero-order valence-corrected chi connectivity index (χ0v) is 8.72. The molecule has 0 spiro atoms. The van der Waals surface area contributed by atoms with Gasteiger partial charge in [-0.2, -0.15) is 8.42 Å². The molecule has 4 nitrogen and oxygen atoms in total. The Balaban J connectivity index is 4.86. The highest BCUT2D eigenvalue weighted by molar-refractivity contribution is 8.29. The third kappa shape index (κ3) is 2.25. The average Bonchev–Trinajstić information content (AvgIpc) is 1.90. The number of rotatable bonds is 4. The summed E-state index contributed by atoms with van der Waals surface area (Å²) in [7, 11) is -4.08. The van der Waals surface area contributed by atoms with E-state index >= 15 is 0 Å². The minimum Gasteiger partial charge on any atom is -0.327 e. The molecule has 7 heteroatoms. The third-order valence-corrected chi connectivity index (χ3v) is 7.06. The Kier molecular flexibility index (Phi) is 4.20. The molecule has 68 valence electrons. The van der Waals surface area contributed by atoms with Gasteiger partial charge in [-0.1, -0.05) is 0 Å². The fraction of sp³-hybridized carbons (Fsp3) is 1.00. The van der Waals surface area contributed by atoms with E-state index in [1.54, 1.807) is 12.5 Å². The van der Waals surface area contributed by atoms with E-state index in [-0.39, 0.29) is 6.54 Å². The van der Waals surface area contributed by atoms with Crippen molar-refractivity contribution in [2.45, 2.75) is 3.41 Å². The summed E-state index contributed by atoms with van der Waals surface area (Å²) in [6.07, 6.45) is 3.19. The number of hydrogen-bond donors (Lipinski definition) is 2.